The molecular weight excluding hydrogens is 461 g/mol. The summed E-state index contributed by atoms with van der Waals surface area (Å²) in [6.07, 6.45) is 8.71. The van der Waals surface area contributed by atoms with Gasteiger partial charge in [-0.2, -0.15) is 0 Å². The highest BCUT2D eigenvalue weighted by Crippen LogP contribution is 2.31. The van der Waals surface area contributed by atoms with Crippen LogP contribution in [0.25, 0.3) is 0 Å². The molecule has 7 nitrogen and oxygen atoms in total. The predicted molar refractivity (Wildman–Crippen MR) is 132 cm³/mol. The zero-order valence-corrected chi connectivity index (χ0v) is 21.2. The summed E-state index contributed by atoms with van der Waals surface area (Å²) in [5.41, 5.74) is 0. The smallest absolute Gasteiger partial charge is 0.315 e. The third kappa shape index (κ3) is 9.41. The summed E-state index contributed by atoms with van der Waals surface area (Å²) in [6, 6.07) is -0.627. The number of alkyl halides is 2. The molecule has 0 unspecified atom stereocenters. The summed E-state index contributed by atoms with van der Waals surface area (Å²) >= 11 is 6.19. The van der Waals surface area contributed by atoms with Crippen LogP contribution in [0.4, 0.5) is 9.18 Å². The average Bonchev–Trinajstić information content (AvgIpc) is 3.25. The number of urea groups is 1. The number of unbranched alkanes of at least 4 members (excludes halogenated alkanes) is 1. The highest BCUT2D eigenvalue weighted by molar-refractivity contribution is 6.20. The number of carbonyl (C=O) groups is 1. The Kier molecular flexibility index (Phi) is 12.1. The molecule has 0 aromatic heterocycles. The number of amides is 2. The van der Waals surface area contributed by atoms with Crippen LogP contribution in [0.15, 0.2) is 0 Å². The van der Waals surface area contributed by atoms with Gasteiger partial charge in [-0.05, 0) is 82.5 Å². The number of ether oxygens (including phenoxy) is 1. The van der Waals surface area contributed by atoms with Gasteiger partial charge >= 0.3 is 6.03 Å². The predicted octanol–water partition coefficient (Wildman–Crippen LogP) is 3.20. The molecule has 198 valence electrons. The van der Waals surface area contributed by atoms with E-state index in [1.54, 1.807) is 0 Å². The first-order valence-electron chi connectivity index (χ1n) is 13.4. The number of likely N-dealkylation sites (tertiary alicyclic amines) is 1. The van der Waals surface area contributed by atoms with Crippen LogP contribution in [0, 0.1) is 11.8 Å². The fourth-order valence-corrected chi connectivity index (χ4v) is 5.90. The second-order valence-electron chi connectivity index (χ2n) is 10.6. The number of rotatable bonds is 12. The van der Waals surface area contributed by atoms with E-state index in [9.17, 15) is 19.4 Å². The summed E-state index contributed by atoms with van der Waals surface area (Å²) < 4.78 is 18.1. The Morgan fingerprint density at radius 2 is 1.82 bits per heavy atom. The van der Waals surface area contributed by atoms with Crippen molar-refractivity contribution < 1.29 is 24.1 Å². The maximum absolute atomic E-state index is 12.7. The van der Waals surface area contributed by atoms with Gasteiger partial charge < -0.3 is 25.6 Å². The molecule has 1 aliphatic heterocycles. The zero-order valence-electron chi connectivity index (χ0n) is 20.5. The molecule has 2 aliphatic carbocycles. The van der Waals surface area contributed by atoms with Crippen LogP contribution < -0.4 is 10.6 Å². The lowest BCUT2D eigenvalue weighted by Crippen LogP contribution is -2.55. The van der Waals surface area contributed by atoms with E-state index in [0.29, 0.717) is 38.6 Å². The largest absolute Gasteiger partial charge is 0.392 e. The minimum Gasteiger partial charge on any atom is -0.392 e. The second-order valence-corrected chi connectivity index (χ2v) is 11.2. The maximum atomic E-state index is 12.7. The molecule has 2 amide bonds. The molecule has 3 rings (SSSR count). The van der Waals surface area contributed by atoms with Crippen molar-refractivity contribution >= 4 is 17.6 Å². The van der Waals surface area contributed by atoms with Gasteiger partial charge in [0, 0.05) is 38.2 Å². The Balaban J connectivity index is 1.47. The van der Waals surface area contributed by atoms with Crippen LogP contribution >= 0.6 is 11.6 Å². The quantitative estimate of drug-likeness (QED) is 0.241. The summed E-state index contributed by atoms with van der Waals surface area (Å²) in [7, 11) is 0. The molecule has 0 spiro atoms. The third-order valence-electron chi connectivity index (χ3n) is 7.84. The van der Waals surface area contributed by atoms with Crippen LogP contribution in [0.1, 0.15) is 70.6 Å². The first-order valence-corrected chi connectivity index (χ1v) is 13.8. The Hall–Kier alpha value is -0.670. The monoisotopic (exact) mass is 505 g/mol. The third-order valence-corrected chi connectivity index (χ3v) is 8.28. The van der Waals surface area contributed by atoms with Crippen LogP contribution in [0.2, 0.25) is 0 Å². The highest BCUT2D eigenvalue weighted by Gasteiger charge is 2.35. The van der Waals surface area contributed by atoms with E-state index < -0.39 is 12.1 Å². The molecule has 9 heteroatoms. The number of aliphatic hydroxyl groups is 2. The molecule has 3 aliphatic rings. The van der Waals surface area contributed by atoms with Crippen LogP contribution in [-0.4, -0.2) is 90.3 Å². The molecular formula is C25H45ClFN3O4. The number of nitrogens with one attached hydrogen (secondary N) is 2. The molecule has 4 N–H and O–H groups in total. The lowest BCUT2D eigenvalue weighted by molar-refractivity contribution is -0.0167. The van der Waals surface area contributed by atoms with Gasteiger partial charge in [-0.25, -0.2) is 4.79 Å². The van der Waals surface area contributed by atoms with Crippen LogP contribution in [-0.2, 0) is 4.74 Å². The number of carbonyl (C=O) groups excluding carboxylic acids is 1. The normalized spacial score (nSPS) is 32.3. The average molecular weight is 506 g/mol. The second kappa shape index (κ2) is 14.8. The minimum atomic E-state index is -0.650. The summed E-state index contributed by atoms with van der Waals surface area (Å²) in [4.78, 5) is 14.9. The number of aliphatic hydroxyl groups excluding tert-OH is 2. The SMILES string of the molecule is O=C(NCC1CCC(Cl)CC1)N[C@H](CN1CC[C@@H](O)C1)[C@H](O)C1CCC(OCCCCF)CC1. The molecule has 2 saturated carbocycles. The Morgan fingerprint density at radius 1 is 1.09 bits per heavy atom. The Bertz CT molecular complexity index is 589. The molecule has 0 radical (unpaired) electrons. The van der Waals surface area contributed by atoms with Gasteiger partial charge in [0.05, 0.1) is 31.0 Å². The van der Waals surface area contributed by atoms with E-state index in [0.717, 1.165) is 70.8 Å². The number of β-amino-alcohol motifs (C(OH)–C–C–N with tert-alkyl or cyclic N) is 1. The van der Waals surface area contributed by atoms with Crippen molar-refractivity contribution in [3.05, 3.63) is 0 Å². The number of hydrogen-bond acceptors (Lipinski definition) is 5. The maximum Gasteiger partial charge on any atom is 0.315 e. The lowest BCUT2D eigenvalue weighted by atomic mass is 9.81. The van der Waals surface area contributed by atoms with E-state index >= 15 is 0 Å². The summed E-state index contributed by atoms with van der Waals surface area (Å²) in [5, 5.41) is 27.5. The first kappa shape index (κ1) is 27.9. The highest BCUT2D eigenvalue weighted by atomic mass is 35.5. The van der Waals surface area contributed by atoms with E-state index in [4.69, 9.17) is 16.3 Å². The number of hydrogen-bond donors (Lipinski definition) is 4. The van der Waals surface area contributed by atoms with Crippen LogP contribution in [0.3, 0.4) is 0 Å². The minimum absolute atomic E-state index is 0.0996. The Labute approximate surface area is 209 Å². The van der Waals surface area contributed by atoms with Crippen molar-refractivity contribution in [1.82, 2.24) is 15.5 Å². The molecule has 0 bridgehead atoms. The van der Waals surface area contributed by atoms with E-state index in [1.807, 2.05) is 0 Å². The fourth-order valence-electron chi connectivity index (χ4n) is 5.65. The zero-order chi connectivity index (χ0) is 24.3. The summed E-state index contributed by atoms with van der Waals surface area (Å²) in [5.74, 6) is 0.556. The molecule has 1 heterocycles. The van der Waals surface area contributed by atoms with Crippen molar-refractivity contribution in [1.29, 1.82) is 0 Å². The van der Waals surface area contributed by atoms with Gasteiger partial charge in [0.25, 0.3) is 0 Å². The van der Waals surface area contributed by atoms with E-state index in [-0.39, 0.29) is 36.2 Å². The molecule has 3 atom stereocenters. The molecule has 0 aromatic carbocycles. The first-order chi connectivity index (χ1) is 16.4. The molecule has 3 fully saturated rings. The van der Waals surface area contributed by atoms with Crippen molar-refractivity contribution in [2.24, 2.45) is 11.8 Å². The van der Waals surface area contributed by atoms with Crippen molar-refractivity contribution in [3.8, 4) is 0 Å². The lowest BCUT2D eigenvalue weighted by Gasteiger charge is -2.37. The number of nitrogens with zero attached hydrogens (tertiary/aromatic N) is 1. The Morgan fingerprint density at radius 3 is 2.47 bits per heavy atom. The van der Waals surface area contributed by atoms with Gasteiger partial charge in [0.15, 0.2) is 0 Å². The van der Waals surface area contributed by atoms with Gasteiger partial charge in [-0.3, -0.25) is 9.29 Å². The molecule has 0 aromatic rings. The van der Waals surface area contributed by atoms with Crippen molar-refractivity contribution in [2.45, 2.75) is 100 Å². The van der Waals surface area contributed by atoms with Crippen LogP contribution in [0.5, 0.6) is 0 Å². The molecule has 1 saturated heterocycles. The molecule has 34 heavy (non-hydrogen) atoms. The van der Waals surface area contributed by atoms with Crippen molar-refractivity contribution in [2.75, 3.05) is 39.5 Å². The number of halogens is 2. The van der Waals surface area contributed by atoms with Crippen molar-refractivity contribution in [3.63, 3.8) is 0 Å². The fraction of sp³-hybridized carbons (Fsp3) is 0.960. The van der Waals surface area contributed by atoms with Gasteiger partial charge in [-0.1, -0.05) is 0 Å². The standard InChI is InChI=1S/C25H45ClFN3O4/c26-20-7-3-18(4-8-20)15-28-25(33)29-23(17-30-13-11-21(31)16-30)24(32)19-5-9-22(10-6-19)34-14-2-1-12-27/h18-24,31-32H,1-17H2,(H2,28,29,33)/t18?,19?,20?,21-,22?,23-,24-/m1/s1. The van der Waals surface area contributed by atoms with E-state index in [2.05, 4.69) is 15.5 Å². The van der Waals surface area contributed by atoms with Gasteiger partial charge in [0.2, 0.25) is 0 Å². The van der Waals surface area contributed by atoms with Gasteiger partial charge in [0.1, 0.15) is 0 Å². The topological polar surface area (TPSA) is 94.1 Å². The van der Waals surface area contributed by atoms with Gasteiger partial charge in [-0.15, -0.1) is 11.6 Å². The van der Waals surface area contributed by atoms with E-state index in [1.165, 1.54) is 0 Å². The summed E-state index contributed by atoms with van der Waals surface area (Å²) in [6.45, 7) is 2.81.